The molecule has 1 unspecified atom stereocenters. The van der Waals surface area contributed by atoms with Gasteiger partial charge >= 0.3 is 0 Å². The Bertz CT molecular complexity index is 664. The second kappa shape index (κ2) is 6.91. The fourth-order valence-electron chi connectivity index (χ4n) is 2.62. The number of H-pyrrole nitrogens is 1. The van der Waals surface area contributed by atoms with E-state index < -0.39 is 0 Å². The number of carbonyl (C=O) groups excluding carboxylic acids is 1. The minimum atomic E-state index is -0.282. The van der Waals surface area contributed by atoms with Gasteiger partial charge in [-0.05, 0) is 13.3 Å². The summed E-state index contributed by atoms with van der Waals surface area (Å²) in [4.78, 5) is 18.8. The van der Waals surface area contributed by atoms with E-state index in [0.29, 0.717) is 31.1 Å². The van der Waals surface area contributed by atoms with Crippen molar-refractivity contribution in [2.45, 2.75) is 39.3 Å². The number of morpholine rings is 1. The largest absolute Gasteiger partial charge is 0.366 e. The minimum absolute atomic E-state index is 0.0256. The van der Waals surface area contributed by atoms with Crippen LogP contribution in [0.4, 0.5) is 0 Å². The first-order valence-corrected chi connectivity index (χ1v) is 8.05. The number of aromatic amines is 1. The summed E-state index contributed by atoms with van der Waals surface area (Å²) in [5, 5.41) is 11.3. The molecule has 1 atom stereocenters. The van der Waals surface area contributed by atoms with E-state index in [1.165, 1.54) is 0 Å². The topological polar surface area (TPSA) is 88.9 Å². The van der Waals surface area contributed by atoms with Gasteiger partial charge < -0.3 is 9.64 Å². The third kappa shape index (κ3) is 3.42. The Morgan fingerprint density at radius 3 is 3.09 bits per heavy atom. The number of hydrogen-bond acceptors (Lipinski definition) is 5. The van der Waals surface area contributed by atoms with Crippen LogP contribution in [0.25, 0.3) is 0 Å². The van der Waals surface area contributed by atoms with E-state index >= 15 is 0 Å². The van der Waals surface area contributed by atoms with E-state index in [-0.39, 0.29) is 12.0 Å². The second-order valence-corrected chi connectivity index (χ2v) is 5.59. The van der Waals surface area contributed by atoms with E-state index in [2.05, 4.69) is 27.2 Å². The molecule has 23 heavy (non-hydrogen) atoms. The van der Waals surface area contributed by atoms with Gasteiger partial charge in [0.1, 0.15) is 11.9 Å². The molecule has 3 rings (SSSR count). The summed E-state index contributed by atoms with van der Waals surface area (Å²) >= 11 is 0. The van der Waals surface area contributed by atoms with Crippen LogP contribution < -0.4 is 0 Å². The van der Waals surface area contributed by atoms with Gasteiger partial charge in [-0.2, -0.15) is 10.2 Å². The van der Waals surface area contributed by atoms with E-state index in [1.807, 2.05) is 6.92 Å². The highest BCUT2D eigenvalue weighted by Crippen LogP contribution is 2.20. The zero-order chi connectivity index (χ0) is 16.2. The summed E-state index contributed by atoms with van der Waals surface area (Å²) in [5.74, 6) is 1.45. The first kappa shape index (κ1) is 15.7. The zero-order valence-corrected chi connectivity index (χ0v) is 13.5. The summed E-state index contributed by atoms with van der Waals surface area (Å²) in [6, 6.07) is 0. The van der Waals surface area contributed by atoms with E-state index in [0.717, 1.165) is 25.2 Å². The van der Waals surface area contributed by atoms with Gasteiger partial charge in [0.2, 0.25) is 0 Å². The van der Waals surface area contributed by atoms with Gasteiger partial charge in [0.25, 0.3) is 5.91 Å². The van der Waals surface area contributed by atoms with Crippen molar-refractivity contribution in [3.8, 4) is 0 Å². The molecule has 1 aliphatic rings. The summed E-state index contributed by atoms with van der Waals surface area (Å²) in [6.45, 7) is 6.34. The van der Waals surface area contributed by atoms with Crippen LogP contribution in [0.3, 0.4) is 0 Å². The lowest BCUT2D eigenvalue weighted by Crippen LogP contribution is -2.42. The highest BCUT2D eigenvalue weighted by atomic mass is 16.5. The Morgan fingerprint density at radius 1 is 1.48 bits per heavy atom. The maximum Gasteiger partial charge on any atom is 0.257 e. The van der Waals surface area contributed by atoms with E-state index in [9.17, 15) is 4.79 Å². The van der Waals surface area contributed by atoms with Gasteiger partial charge in [-0.15, -0.1) is 0 Å². The number of rotatable bonds is 5. The Labute approximate surface area is 134 Å². The van der Waals surface area contributed by atoms with Crippen LogP contribution in [0.15, 0.2) is 12.4 Å². The van der Waals surface area contributed by atoms with Crippen LogP contribution in [0, 0.1) is 0 Å². The van der Waals surface area contributed by atoms with Crippen molar-refractivity contribution >= 4 is 5.91 Å². The smallest absolute Gasteiger partial charge is 0.257 e. The molecule has 2 aromatic rings. The molecule has 1 fully saturated rings. The average molecular weight is 318 g/mol. The maximum atomic E-state index is 12.6. The summed E-state index contributed by atoms with van der Waals surface area (Å²) in [6.07, 6.45) is 4.97. The molecule has 0 aliphatic carbocycles. The fraction of sp³-hybridized carbons (Fsp3) is 0.600. The lowest BCUT2D eigenvalue weighted by molar-refractivity contribution is -0.0266. The highest BCUT2D eigenvalue weighted by molar-refractivity contribution is 5.93. The van der Waals surface area contributed by atoms with Crippen molar-refractivity contribution in [2.24, 2.45) is 0 Å². The highest BCUT2D eigenvalue weighted by Gasteiger charge is 2.29. The van der Waals surface area contributed by atoms with Crippen molar-refractivity contribution in [1.29, 1.82) is 0 Å². The predicted octanol–water partition coefficient (Wildman–Crippen LogP) is 1.19. The molecular weight excluding hydrogens is 296 g/mol. The third-order valence-corrected chi connectivity index (χ3v) is 3.88. The van der Waals surface area contributed by atoms with Crippen molar-refractivity contribution in [1.82, 2.24) is 29.9 Å². The number of amides is 1. The quantitative estimate of drug-likeness (QED) is 0.894. The van der Waals surface area contributed by atoms with E-state index in [4.69, 9.17) is 4.74 Å². The van der Waals surface area contributed by atoms with Gasteiger partial charge in [-0.25, -0.2) is 4.98 Å². The van der Waals surface area contributed by atoms with Crippen molar-refractivity contribution in [3.05, 3.63) is 29.6 Å². The van der Waals surface area contributed by atoms with Crippen LogP contribution in [0.2, 0.25) is 0 Å². The van der Waals surface area contributed by atoms with Crippen LogP contribution in [0.1, 0.15) is 48.4 Å². The van der Waals surface area contributed by atoms with Crippen LogP contribution in [-0.2, 0) is 17.7 Å². The number of carbonyl (C=O) groups is 1. The van der Waals surface area contributed by atoms with Crippen LogP contribution >= 0.6 is 0 Å². The molecule has 1 aliphatic heterocycles. The number of hydrogen-bond donors (Lipinski definition) is 1. The van der Waals surface area contributed by atoms with Gasteiger partial charge in [-0.1, -0.05) is 6.92 Å². The van der Waals surface area contributed by atoms with Crippen molar-refractivity contribution in [3.63, 3.8) is 0 Å². The van der Waals surface area contributed by atoms with Gasteiger partial charge in [0.05, 0.1) is 24.9 Å². The molecule has 8 heteroatoms. The molecular formula is C15H22N6O2. The molecule has 0 radical (unpaired) electrons. The van der Waals surface area contributed by atoms with Crippen molar-refractivity contribution < 1.29 is 9.53 Å². The maximum absolute atomic E-state index is 12.6. The number of nitrogens with one attached hydrogen (secondary N) is 1. The molecule has 3 heterocycles. The molecule has 0 aromatic carbocycles. The molecule has 0 spiro atoms. The summed E-state index contributed by atoms with van der Waals surface area (Å²) in [5.41, 5.74) is 0.606. The summed E-state index contributed by atoms with van der Waals surface area (Å²) in [7, 11) is 0. The number of nitrogens with zero attached hydrogens (tertiary/aromatic N) is 5. The lowest BCUT2D eigenvalue weighted by Gasteiger charge is -2.31. The van der Waals surface area contributed by atoms with Crippen LogP contribution in [0.5, 0.6) is 0 Å². The minimum Gasteiger partial charge on any atom is -0.366 e. The molecule has 1 amide bonds. The predicted molar refractivity (Wildman–Crippen MR) is 82.9 cm³/mol. The SMILES string of the molecule is CCCc1nc(C2CN(C(=O)c3cnn(CC)c3)CCO2)n[nH]1. The Balaban J connectivity index is 1.68. The second-order valence-electron chi connectivity index (χ2n) is 5.59. The average Bonchev–Trinajstić information content (AvgIpc) is 3.24. The molecule has 1 saturated heterocycles. The molecule has 0 saturated carbocycles. The molecule has 8 nitrogen and oxygen atoms in total. The Morgan fingerprint density at radius 2 is 2.35 bits per heavy atom. The number of ether oxygens (including phenoxy) is 1. The standard InChI is InChI=1S/C15H22N6O2/c1-3-5-13-17-14(19-18-13)12-10-20(6-7-23-12)15(22)11-8-16-21(4-2)9-11/h8-9,12H,3-7,10H2,1-2H3,(H,17,18,19). The fourth-order valence-corrected chi connectivity index (χ4v) is 2.62. The van der Waals surface area contributed by atoms with E-state index in [1.54, 1.807) is 22.0 Å². The monoisotopic (exact) mass is 318 g/mol. The lowest BCUT2D eigenvalue weighted by atomic mass is 10.2. The van der Waals surface area contributed by atoms with Crippen LogP contribution in [-0.4, -0.2) is 55.5 Å². The first-order chi connectivity index (χ1) is 11.2. The van der Waals surface area contributed by atoms with Gasteiger partial charge in [0.15, 0.2) is 5.82 Å². The Kier molecular flexibility index (Phi) is 4.71. The molecule has 1 N–H and O–H groups in total. The number of aryl methyl sites for hydroxylation is 2. The third-order valence-electron chi connectivity index (χ3n) is 3.88. The number of aromatic nitrogens is 5. The molecule has 124 valence electrons. The zero-order valence-electron chi connectivity index (χ0n) is 13.5. The van der Waals surface area contributed by atoms with Crippen molar-refractivity contribution in [2.75, 3.05) is 19.7 Å². The van der Waals surface area contributed by atoms with Gasteiger partial charge in [0, 0.05) is 25.7 Å². The first-order valence-electron chi connectivity index (χ1n) is 8.05. The van der Waals surface area contributed by atoms with Gasteiger partial charge in [-0.3, -0.25) is 14.6 Å². The molecule has 0 bridgehead atoms. The summed E-state index contributed by atoms with van der Waals surface area (Å²) < 4.78 is 7.49. The Hall–Kier alpha value is -2.22. The normalized spacial score (nSPS) is 18.3. The molecule has 2 aromatic heterocycles.